The highest BCUT2D eigenvalue weighted by Gasteiger charge is 2.22. The monoisotopic (exact) mass is 328 g/mol. The quantitative estimate of drug-likeness (QED) is 0.331. The lowest BCUT2D eigenvalue weighted by molar-refractivity contribution is -0.154. The summed E-state index contributed by atoms with van der Waals surface area (Å²) in [5.74, 6) is -1.49. The molecule has 0 aromatic rings. The highest BCUT2D eigenvalue weighted by atomic mass is 16.5. The van der Waals surface area contributed by atoms with Crippen molar-refractivity contribution in [3.8, 4) is 0 Å². The van der Waals surface area contributed by atoms with Crippen LogP contribution in [0.1, 0.15) is 91.4 Å². The summed E-state index contributed by atoms with van der Waals surface area (Å²) < 4.78 is 5.20. The minimum absolute atomic E-state index is 0.117. The predicted octanol–water partition coefficient (Wildman–Crippen LogP) is 5.20. The fourth-order valence-corrected chi connectivity index (χ4v) is 2.58. The van der Waals surface area contributed by atoms with Crippen LogP contribution in [0.15, 0.2) is 0 Å². The molecule has 4 nitrogen and oxygen atoms in total. The Morgan fingerprint density at radius 1 is 0.913 bits per heavy atom. The van der Waals surface area contributed by atoms with Gasteiger partial charge in [0.05, 0.1) is 18.9 Å². The zero-order valence-electron chi connectivity index (χ0n) is 15.3. The molecule has 0 fully saturated rings. The second-order valence-electron chi connectivity index (χ2n) is 6.94. The van der Waals surface area contributed by atoms with E-state index in [1.54, 1.807) is 0 Å². The van der Waals surface area contributed by atoms with Gasteiger partial charge in [0.1, 0.15) is 0 Å². The number of rotatable bonds is 15. The van der Waals surface area contributed by atoms with Crippen LogP contribution in [0.2, 0.25) is 0 Å². The molecule has 0 spiro atoms. The summed E-state index contributed by atoms with van der Waals surface area (Å²) in [5, 5.41) is 8.95. The van der Waals surface area contributed by atoms with Crippen LogP contribution in [0.25, 0.3) is 0 Å². The molecule has 0 rings (SSSR count). The van der Waals surface area contributed by atoms with E-state index in [0.29, 0.717) is 13.0 Å². The van der Waals surface area contributed by atoms with Crippen LogP contribution in [0, 0.1) is 11.8 Å². The van der Waals surface area contributed by atoms with Gasteiger partial charge in [-0.25, -0.2) is 0 Å². The minimum atomic E-state index is -0.924. The van der Waals surface area contributed by atoms with Crippen molar-refractivity contribution in [1.29, 1.82) is 0 Å². The molecule has 0 radical (unpaired) electrons. The number of esters is 1. The second-order valence-corrected chi connectivity index (χ2v) is 6.94. The van der Waals surface area contributed by atoms with E-state index in [4.69, 9.17) is 9.84 Å². The Bertz CT molecular complexity index is 312. The molecule has 0 bridgehead atoms. The van der Waals surface area contributed by atoms with Gasteiger partial charge in [-0.05, 0) is 12.3 Å². The zero-order valence-corrected chi connectivity index (χ0v) is 15.3. The van der Waals surface area contributed by atoms with Crippen LogP contribution >= 0.6 is 0 Å². The van der Waals surface area contributed by atoms with Crippen molar-refractivity contribution in [3.05, 3.63) is 0 Å². The van der Waals surface area contributed by atoms with Crippen LogP contribution in [0.3, 0.4) is 0 Å². The van der Waals surface area contributed by atoms with E-state index in [1.807, 2.05) is 13.8 Å². The summed E-state index contributed by atoms with van der Waals surface area (Å²) in [5.41, 5.74) is 0. The molecule has 4 heteroatoms. The summed E-state index contributed by atoms with van der Waals surface area (Å²) in [7, 11) is 0. The number of hydrogen-bond donors (Lipinski definition) is 1. The van der Waals surface area contributed by atoms with Crippen molar-refractivity contribution in [2.45, 2.75) is 91.4 Å². The van der Waals surface area contributed by atoms with Crippen molar-refractivity contribution < 1.29 is 19.4 Å². The van der Waals surface area contributed by atoms with Crippen LogP contribution < -0.4 is 0 Å². The van der Waals surface area contributed by atoms with E-state index in [-0.39, 0.29) is 18.3 Å². The number of carboxylic acids is 1. The fraction of sp³-hybridized carbons (Fsp3) is 0.895. The number of aliphatic carboxylic acids is 1. The first-order chi connectivity index (χ1) is 11.0. The lowest BCUT2D eigenvalue weighted by atomic mass is 9.97. The average molecular weight is 328 g/mol. The molecule has 0 aromatic heterocycles. The molecule has 0 saturated heterocycles. The average Bonchev–Trinajstić information content (AvgIpc) is 2.49. The summed E-state index contributed by atoms with van der Waals surface area (Å²) >= 11 is 0. The molecule has 1 N–H and O–H groups in total. The molecular formula is C19H36O4. The minimum Gasteiger partial charge on any atom is -0.481 e. The van der Waals surface area contributed by atoms with Crippen LogP contribution in [-0.2, 0) is 14.3 Å². The highest BCUT2D eigenvalue weighted by molar-refractivity contribution is 5.79. The smallest absolute Gasteiger partial charge is 0.309 e. The van der Waals surface area contributed by atoms with E-state index < -0.39 is 11.9 Å². The number of unbranched alkanes of at least 4 members (excludes halogenated alkanes) is 8. The van der Waals surface area contributed by atoms with Crippen molar-refractivity contribution in [3.63, 3.8) is 0 Å². The Hall–Kier alpha value is -1.06. The van der Waals surface area contributed by atoms with E-state index in [1.165, 1.54) is 44.9 Å². The topological polar surface area (TPSA) is 63.6 Å². The third kappa shape index (κ3) is 14.3. The number of ether oxygens (including phenoxy) is 1. The predicted molar refractivity (Wildman–Crippen MR) is 93.4 cm³/mol. The molecule has 0 aliphatic rings. The Kier molecular flexibility index (Phi) is 13.9. The maximum atomic E-state index is 12.0. The van der Waals surface area contributed by atoms with Crippen molar-refractivity contribution >= 4 is 11.9 Å². The van der Waals surface area contributed by atoms with Gasteiger partial charge in [0.2, 0.25) is 0 Å². The van der Waals surface area contributed by atoms with E-state index >= 15 is 0 Å². The lowest BCUT2D eigenvalue weighted by Gasteiger charge is -2.15. The third-order valence-corrected chi connectivity index (χ3v) is 3.97. The van der Waals surface area contributed by atoms with Gasteiger partial charge in [0.25, 0.3) is 0 Å². The van der Waals surface area contributed by atoms with E-state index in [9.17, 15) is 9.59 Å². The van der Waals surface area contributed by atoms with Crippen molar-refractivity contribution in [1.82, 2.24) is 0 Å². The molecule has 136 valence electrons. The second kappa shape index (κ2) is 14.5. The molecule has 0 saturated carbocycles. The molecule has 1 atom stereocenters. The number of hydrogen-bond acceptors (Lipinski definition) is 3. The van der Waals surface area contributed by atoms with Crippen molar-refractivity contribution in [2.24, 2.45) is 11.8 Å². The van der Waals surface area contributed by atoms with Crippen LogP contribution in [-0.4, -0.2) is 23.7 Å². The molecule has 0 heterocycles. The van der Waals surface area contributed by atoms with Gasteiger partial charge in [-0.15, -0.1) is 0 Å². The largest absolute Gasteiger partial charge is 0.481 e. The molecule has 0 aliphatic heterocycles. The van der Waals surface area contributed by atoms with Gasteiger partial charge in [0, 0.05) is 0 Å². The van der Waals surface area contributed by atoms with Gasteiger partial charge in [-0.2, -0.15) is 0 Å². The van der Waals surface area contributed by atoms with Crippen LogP contribution in [0.5, 0.6) is 0 Å². The Balaban J connectivity index is 3.84. The number of carbonyl (C=O) groups excluding carboxylic acids is 1. The van der Waals surface area contributed by atoms with Gasteiger partial charge in [-0.1, -0.05) is 78.6 Å². The number of carbonyl (C=O) groups is 2. The first-order valence-corrected chi connectivity index (χ1v) is 9.35. The lowest BCUT2D eigenvalue weighted by Crippen LogP contribution is -2.22. The van der Waals surface area contributed by atoms with Gasteiger partial charge in [-0.3, -0.25) is 9.59 Å². The maximum absolute atomic E-state index is 12.0. The Morgan fingerprint density at radius 2 is 1.43 bits per heavy atom. The number of carboxylic acid groups (broad SMARTS) is 1. The molecule has 23 heavy (non-hydrogen) atoms. The summed E-state index contributed by atoms with van der Waals surface area (Å²) in [6.07, 6.45) is 11.4. The van der Waals surface area contributed by atoms with Gasteiger partial charge in [0.15, 0.2) is 0 Å². The zero-order chi connectivity index (χ0) is 17.5. The summed E-state index contributed by atoms with van der Waals surface area (Å²) in [4.78, 5) is 22.9. The SMILES string of the molecule is CCCCCCCCCCCC(CC(=O)O)C(=O)OCC(C)C. The highest BCUT2D eigenvalue weighted by Crippen LogP contribution is 2.18. The standard InChI is InChI=1S/C19H36O4/c1-4-5-6-7-8-9-10-11-12-13-17(14-18(20)21)19(22)23-15-16(2)3/h16-17H,4-15H2,1-3H3,(H,20,21). The maximum Gasteiger partial charge on any atom is 0.309 e. The third-order valence-electron chi connectivity index (χ3n) is 3.97. The van der Waals surface area contributed by atoms with Crippen LogP contribution in [0.4, 0.5) is 0 Å². The molecule has 0 amide bonds. The fourth-order valence-electron chi connectivity index (χ4n) is 2.58. The molecule has 0 aromatic carbocycles. The Labute approximate surface area is 142 Å². The van der Waals surface area contributed by atoms with Crippen molar-refractivity contribution in [2.75, 3.05) is 6.61 Å². The molecular weight excluding hydrogens is 292 g/mol. The van der Waals surface area contributed by atoms with E-state index in [0.717, 1.165) is 12.8 Å². The molecule has 0 aliphatic carbocycles. The molecule has 1 unspecified atom stereocenters. The summed E-state index contributed by atoms with van der Waals surface area (Å²) in [6.45, 7) is 6.53. The van der Waals surface area contributed by atoms with E-state index in [2.05, 4.69) is 6.92 Å². The summed E-state index contributed by atoms with van der Waals surface area (Å²) in [6, 6.07) is 0. The van der Waals surface area contributed by atoms with Gasteiger partial charge >= 0.3 is 11.9 Å². The Morgan fingerprint density at radius 3 is 1.91 bits per heavy atom. The first kappa shape index (κ1) is 21.9. The van der Waals surface area contributed by atoms with Gasteiger partial charge < -0.3 is 9.84 Å². The normalized spacial score (nSPS) is 12.3. The first-order valence-electron chi connectivity index (χ1n) is 9.35.